The number of urea groups is 1. The van der Waals surface area contributed by atoms with Crippen molar-refractivity contribution in [2.45, 2.75) is 72.5 Å². The van der Waals surface area contributed by atoms with E-state index in [0.717, 1.165) is 47.3 Å². The summed E-state index contributed by atoms with van der Waals surface area (Å²) in [7, 11) is 0. The van der Waals surface area contributed by atoms with E-state index in [2.05, 4.69) is 16.7 Å². The minimum Gasteiger partial charge on any atom is -0.493 e. The van der Waals surface area contributed by atoms with Gasteiger partial charge in [0.2, 0.25) is 0 Å². The van der Waals surface area contributed by atoms with Gasteiger partial charge in [-0.3, -0.25) is 0 Å². The van der Waals surface area contributed by atoms with E-state index in [1.807, 2.05) is 59.7 Å². The first-order chi connectivity index (χ1) is 16.0. The molecule has 7 heteroatoms. The number of carbonyl (C=O) groups excluding carboxylic acids is 1. The van der Waals surface area contributed by atoms with Crippen LogP contribution in [0.1, 0.15) is 68.9 Å². The minimum atomic E-state index is -1.21. The minimum absolute atomic E-state index is 0.322. The quantitative estimate of drug-likeness (QED) is 0.479. The molecule has 0 fully saturated rings. The molecule has 0 spiro atoms. The summed E-state index contributed by atoms with van der Waals surface area (Å²) in [5.41, 5.74) is 4.76. The predicted molar refractivity (Wildman–Crippen MR) is 134 cm³/mol. The molecule has 1 unspecified atom stereocenters. The zero-order valence-electron chi connectivity index (χ0n) is 21.0. The third kappa shape index (κ3) is 5.89. The lowest BCUT2D eigenvalue weighted by Crippen LogP contribution is -2.31. The molecule has 34 heavy (non-hydrogen) atoms. The lowest BCUT2D eigenvalue weighted by atomic mass is 9.86. The molecular formula is C27H36N2O5. The third-order valence-corrected chi connectivity index (χ3v) is 5.77. The van der Waals surface area contributed by atoms with Crippen LogP contribution in [-0.2, 0) is 16.0 Å². The molecule has 0 saturated carbocycles. The van der Waals surface area contributed by atoms with Gasteiger partial charge in [0.05, 0.1) is 12.2 Å². The molecule has 0 aromatic heterocycles. The zero-order chi connectivity index (χ0) is 25.0. The van der Waals surface area contributed by atoms with E-state index in [1.165, 1.54) is 0 Å². The maximum absolute atomic E-state index is 12.5. The summed E-state index contributed by atoms with van der Waals surface area (Å²) < 4.78 is 11.8. The lowest BCUT2D eigenvalue weighted by molar-refractivity contribution is -0.160. The number of carboxylic acids is 1. The summed E-state index contributed by atoms with van der Waals surface area (Å²) in [6.45, 7) is 12.5. The van der Waals surface area contributed by atoms with E-state index in [4.69, 9.17) is 9.47 Å². The smallest absolute Gasteiger partial charge is 0.337 e. The fourth-order valence-corrected chi connectivity index (χ4v) is 4.29. The number of ether oxygens (including phenoxy) is 2. The maximum atomic E-state index is 12.5. The van der Waals surface area contributed by atoms with Gasteiger partial charge in [0.25, 0.3) is 0 Å². The lowest BCUT2D eigenvalue weighted by Gasteiger charge is -2.30. The van der Waals surface area contributed by atoms with Crippen LogP contribution in [0, 0.1) is 13.8 Å². The van der Waals surface area contributed by atoms with Crippen LogP contribution in [-0.4, -0.2) is 35.9 Å². The second kappa shape index (κ2) is 10.5. The van der Waals surface area contributed by atoms with Gasteiger partial charge in [0.1, 0.15) is 5.75 Å². The van der Waals surface area contributed by atoms with Crippen molar-refractivity contribution in [1.29, 1.82) is 0 Å². The van der Waals surface area contributed by atoms with E-state index < -0.39 is 17.7 Å². The van der Waals surface area contributed by atoms with Gasteiger partial charge < -0.3 is 25.2 Å². The SMILES string of the molecule is CCCNC(=O)Nc1cc(C)c(-c2ccc3c(c2)CCCO3)c(C(OC(C)(C)C)C(=O)O)c1C. The van der Waals surface area contributed by atoms with Gasteiger partial charge in [0, 0.05) is 17.8 Å². The number of anilines is 1. The highest BCUT2D eigenvalue weighted by Gasteiger charge is 2.32. The van der Waals surface area contributed by atoms with Gasteiger partial charge in [-0.05, 0) is 99.9 Å². The maximum Gasteiger partial charge on any atom is 0.337 e. The molecular weight excluding hydrogens is 432 g/mol. The van der Waals surface area contributed by atoms with Crippen LogP contribution in [0.3, 0.4) is 0 Å². The number of fused-ring (bicyclic) bond motifs is 1. The molecule has 3 N–H and O–H groups in total. The number of benzene rings is 2. The number of carboxylic acid groups (broad SMARTS) is 1. The van der Waals surface area contributed by atoms with Crippen molar-refractivity contribution < 1.29 is 24.2 Å². The van der Waals surface area contributed by atoms with Gasteiger partial charge in [-0.1, -0.05) is 13.0 Å². The Labute approximate surface area is 201 Å². The average Bonchev–Trinajstić information content (AvgIpc) is 2.77. The van der Waals surface area contributed by atoms with Crippen molar-refractivity contribution in [1.82, 2.24) is 5.32 Å². The Morgan fingerprint density at radius 1 is 1.21 bits per heavy atom. The van der Waals surface area contributed by atoms with E-state index in [-0.39, 0.29) is 6.03 Å². The summed E-state index contributed by atoms with van der Waals surface area (Å²) in [4.78, 5) is 24.9. The van der Waals surface area contributed by atoms with E-state index in [9.17, 15) is 14.7 Å². The fraction of sp³-hybridized carbons (Fsp3) is 0.481. The topological polar surface area (TPSA) is 96.9 Å². The number of aliphatic carboxylic acids is 1. The van der Waals surface area contributed by atoms with Gasteiger partial charge in [-0.25, -0.2) is 9.59 Å². The number of nitrogens with one attached hydrogen (secondary N) is 2. The van der Waals surface area contributed by atoms with Crippen LogP contribution in [0.4, 0.5) is 10.5 Å². The monoisotopic (exact) mass is 468 g/mol. The van der Waals surface area contributed by atoms with Crippen molar-refractivity contribution in [2.24, 2.45) is 0 Å². The van der Waals surface area contributed by atoms with Crippen LogP contribution in [0.5, 0.6) is 5.75 Å². The number of aryl methyl sites for hydroxylation is 2. The molecule has 1 aliphatic rings. The molecule has 1 aliphatic heterocycles. The molecule has 2 amide bonds. The molecule has 0 saturated heterocycles. The Kier molecular flexibility index (Phi) is 7.87. The first-order valence-corrected chi connectivity index (χ1v) is 11.9. The summed E-state index contributed by atoms with van der Waals surface area (Å²) in [5.74, 6) is -0.204. The second-order valence-electron chi connectivity index (χ2n) is 9.76. The molecule has 184 valence electrons. The standard InChI is InChI=1S/C27H36N2O5/c1-7-12-28-26(32)29-20-14-16(2)22(19-10-11-21-18(15-19)9-8-13-33-21)23(17(20)3)24(25(30)31)34-27(4,5)6/h10-11,14-15,24H,7-9,12-13H2,1-6H3,(H,30,31)(H2,28,29,32). The summed E-state index contributed by atoms with van der Waals surface area (Å²) >= 11 is 0. The van der Waals surface area contributed by atoms with Crippen LogP contribution in [0.15, 0.2) is 24.3 Å². The number of amides is 2. The number of hydrogen-bond acceptors (Lipinski definition) is 4. The highest BCUT2D eigenvalue weighted by Crippen LogP contribution is 2.42. The molecule has 1 heterocycles. The van der Waals surface area contributed by atoms with Gasteiger partial charge in [-0.2, -0.15) is 0 Å². The molecule has 0 radical (unpaired) electrons. The van der Waals surface area contributed by atoms with Crippen molar-refractivity contribution >= 4 is 17.7 Å². The van der Waals surface area contributed by atoms with Crippen molar-refractivity contribution in [3.8, 4) is 16.9 Å². The van der Waals surface area contributed by atoms with Gasteiger partial charge in [-0.15, -0.1) is 0 Å². The van der Waals surface area contributed by atoms with E-state index >= 15 is 0 Å². The number of hydrogen-bond donors (Lipinski definition) is 3. The highest BCUT2D eigenvalue weighted by molar-refractivity contribution is 5.93. The van der Waals surface area contributed by atoms with Crippen LogP contribution < -0.4 is 15.4 Å². The molecule has 2 aromatic carbocycles. The normalized spacial score (nSPS) is 14.1. The van der Waals surface area contributed by atoms with Crippen molar-refractivity contribution in [2.75, 3.05) is 18.5 Å². The Morgan fingerprint density at radius 2 is 1.94 bits per heavy atom. The molecule has 2 aromatic rings. The van der Waals surface area contributed by atoms with Crippen LogP contribution >= 0.6 is 0 Å². The molecule has 7 nitrogen and oxygen atoms in total. The van der Waals surface area contributed by atoms with E-state index in [0.29, 0.717) is 30.0 Å². The molecule has 0 aliphatic carbocycles. The van der Waals surface area contributed by atoms with Gasteiger partial charge >= 0.3 is 12.0 Å². The Balaban J connectivity index is 2.20. The molecule has 0 bridgehead atoms. The number of rotatable bonds is 7. The van der Waals surface area contributed by atoms with Crippen molar-refractivity contribution in [3.63, 3.8) is 0 Å². The van der Waals surface area contributed by atoms with Crippen LogP contribution in [0.25, 0.3) is 11.1 Å². The van der Waals surface area contributed by atoms with Crippen molar-refractivity contribution in [3.05, 3.63) is 46.5 Å². The Morgan fingerprint density at radius 3 is 2.59 bits per heavy atom. The molecule has 1 atom stereocenters. The predicted octanol–water partition coefficient (Wildman–Crippen LogP) is 5.77. The Hall–Kier alpha value is -3.06. The van der Waals surface area contributed by atoms with Crippen LogP contribution in [0.2, 0.25) is 0 Å². The largest absolute Gasteiger partial charge is 0.493 e. The fourth-order valence-electron chi connectivity index (χ4n) is 4.29. The summed E-state index contributed by atoms with van der Waals surface area (Å²) in [5, 5.41) is 15.9. The Bertz CT molecular complexity index is 1070. The average molecular weight is 469 g/mol. The highest BCUT2D eigenvalue weighted by atomic mass is 16.5. The zero-order valence-corrected chi connectivity index (χ0v) is 21.0. The summed E-state index contributed by atoms with van der Waals surface area (Å²) in [6.07, 6.45) is 1.47. The first-order valence-electron chi connectivity index (χ1n) is 11.9. The summed E-state index contributed by atoms with van der Waals surface area (Å²) in [6, 6.07) is 7.57. The second-order valence-corrected chi connectivity index (χ2v) is 9.76. The van der Waals surface area contributed by atoms with E-state index in [1.54, 1.807) is 0 Å². The third-order valence-electron chi connectivity index (χ3n) is 5.77. The number of carbonyl (C=O) groups is 2. The first kappa shape index (κ1) is 25.6. The van der Waals surface area contributed by atoms with Gasteiger partial charge in [0.15, 0.2) is 6.10 Å². The molecule has 3 rings (SSSR count).